The van der Waals surface area contributed by atoms with E-state index in [1.807, 2.05) is 4.90 Å². The number of likely N-dealkylation sites (tertiary alicyclic amines) is 2. The average molecular weight is 372 g/mol. The van der Waals surface area contributed by atoms with E-state index < -0.39 is 0 Å². The van der Waals surface area contributed by atoms with E-state index >= 15 is 0 Å². The van der Waals surface area contributed by atoms with Crippen molar-refractivity contribution in [3.8, 4) is 0 Å². The van der Waals surface area contributed by atoms with Crippen molar-refractivity contribution in [2.24, 2.45) is 5.92 Å². The van der Waals surface area contributed by atoms with Crippen LogP contribution in [0.15, 0.2) is 12.4 Å². The lowest BCUT2D eigenvalue weighted by Gasteiger charge is -2.36. The molecule has 0 bridgehead atoms. The lowest BCUT2D eigenvalue weighted by molar-refractivity contribution is 0.0786. The number of hydrogen-bond donors (Lipinski definition) is 1. The van der Waals surface area contributed by atoms with E-state index in [9.17, 15) is 4.79 Å². The molecule has 2 saturated heterocycles. The molecule has 1 unspecified atom stereocenters. The van der Waals surface area contributed by atoms with Crippen LogP contribution in [0, 0.1) is 5.92 Å². The second kappa shape index (κ2) is 9.00. The standard InChI is InChI=1S/C21H33N5O/c27-21(26-11-4-5-12-26)19-13-22-14-20(24-19)23-18-9-6-10-25(16-18)15-17-7-2-1-3-8-17/h13-14,17-18H,1-12,15-16H2,(H,23,24). The number of piperidine rings is 1. The molecule has 0 radical (unpaired) electrons. The van der Waals surface area contributed by atoms with Gasteiger partial charge in [0.25, 0.3) is 5.91 Å². The highest BCUT2D eigenvalue weighted by Crippen LogP contribution is 2.26. The molecular formula is C21H33N5O. The van der Waals surface area contributed by atoms with Gasteiger partial charge in [0.05, 0.1) is 12.4 Å². The smallest absolute Gasteiger partial charge is 0.274 e. The number of anilines is 1. The zero-order valence-corrected chi connectivity index (χ0v) is 16.4. The third-order valence-electron chi connectivity index (χ3n) is 6.35. The molecule has 4 rings (SSSR count). The molecule has 27 heavy (non-hydrogen) atoms. The largest absolute Gasteiger partial charge is 0.365 e. The molecule has 3 fully saturated rings. The fourth-order valence-electron chi connectivity index (χ4n) is 4.90. The maximum Gasteiger partial charge on any atom is 0.274 e. The Hall–Kier alpha value is -1.69. The first-order valence-electron chi connectivity index (χ1n) is 10.9. The molecule has 2 aliphatic heterocycles. The summed E-state index contributed by atoms with van der Waals surface area (Å²) in [6.45, 7) is 5.22. The Bertz CT molecular complexity index is 625. The fourth-order valence-corrected chi connectivity index (χ4v) is 4.90. The zero-order valence-electron chi connectivity index (χ0n) is 16.4. The van der Waals surface area contributed by atoms with Crippen LogP contribution >= 0.6 is 0 Å². The van der Waals surface area contributed by atoms with Crippen LogP contribution in [0.25, 0.3) is 0 Å². The summed E-state index contributed by atoms with van der Waals surface area (Å²) in [6, 6.07) is 0.397. The Morgan fingerprint density at radius 3 is 2.63 bits per heavy atom. The third kappa shape index (κ3) is 4.98. The topological polar surface area (TPSA) is 61.4 Å². The van der Waals surface area contributed by atoms with Crippen molar-refractivity contribution < 1.29 is 4.79 Å². The van der Waals surface area contributed by atoms with E-state index in [1.165, 1.54) is 51.6 Å². The molecule has 1 aromatic rings. The number of carbonyl (C=O) groups is 1. The molecule has 6 nitrogen and oxygen atoms in total. The van der Waals surface area contributed by atoms with E-state index in [1.54, 1.807) is 12.4 Å². The minimum atomic E-state index is 0.0196. The molecule has 1 N–H and O–H groups in total. The van der Waals surface area contributed by atoms with Crippen molar-refractivity contribution in [2.45, 2.75) is 63.8 Å². The Kier molecular flexibility index (Phi) is 6.22. The predicted molar refractivity (Wildman–Crippen MR) is 107 cm³/mol. The van der Waals surface area contributed by atoms with Crippen LogP contribution in [0.3, 0.4) is 0 Å². The summed E-state index contributed by atoms with van der Waals surface area (Å²) in [5, 5.41) is 3.55. The van der Waals surface area contributed by atoms with E-state index in [-0.39, 0.29) is 5.91 Å². The van der Waals surface area contributed by atoms with Crippen LogP contribution in [0.4, 0.5) is 5.82 Å². The zero-order chi connectivity index (χ0) is 18.5. The van der Waals surface area contributed by atoms with Crippen LogP contribution in [-0.2, 0) is 0 Å². The molecule has 1 atom stereocenters. The van der Waals surface area contributed by atoms with Crippen molar-refractivity contribution in [1.82, 2.24) is 19.8 Å². The molecule has 6 heteroatoms. The van der Waals surface area contributed by atoms with Gasteiger partial charge in [-0.25, -0.2) is 4.98 Å². The van der Waals surface area contributed by atoms with Crippen LogP contribution in [0.2, 0.25) is 0 Å². The Morgan fingerprint density at radius 2 is 1.81 bits per heavy atom. The van der Waals surface area contributed by atoms with E-state index in [4.69, 9.17) is 0 Å². The minimum absolute atomic E-state index is 0.0196. The molecule has 148 valence electrons. The number of nitrogens with one attached hydrogen (secondary N) is 1. The Morgan fingerprint density at radius 1 is 1.00 bits per heavy atom. The summed E-state index contributed by atoms with van der Waals surface area (Å²) in [5.41, 5.74) is 0.469. The van der Waals surface area contributed by atoms with Gasteiger partial charge >= 0.3 is 0 Å². The lowest BCUT2D eigenvalue weighted by atomic mass is 9.88. The average Bonchev–Trinajstić information content (AvgIpc) is 3.23. The molecule has 1 amide bonds. The van der Waals surface area contributed by atoms with Gasteiger partial charge in [0.2, 0.25) is 0 Å². The highest BCUT2D eigenvalue weighted by Gasteiger charge is 2.25. The Balaban J connectivity index is 1.32. The number of rotatable bonds is 5. The summed E-state index contributed by atoms with van der Waals surface area (Å²) < 4.78 is 0. The number of nitrogens with zero attached hydrogens (tertiary/aromatic N) is 4. The maximum atomic E-state index is 12.6. The SMILES string of the molecule is O=C(c1cncc(NC2CCCN(CC3CCCCC3)C2)n1)N1CCCC1. The normalized spacial score (nSPS) is 24.9. The van der Waals surface area contributed by atoms with Gasteiger partial charge in [0, 0.05) is 32.2 Å². The second-order valence-electron chi connectivity index (χ2n) is 8.54. The van der Waals surface area contributed by atoms with Gasteiger partial charge in [0.15, 0.2) is 0 Å². The quantitative estimate of drug-likeness (QED) is 0.861. The van der Waals surface area contributed by atoms with Gasteiger partial charge in [0.1, 0.15) is 11.5 Å². The van der Waals surface area contributed by atoms with Crippen molar-refractivity contribution in [3.05, 3.63) is 18.1 Å². The summed E-state index contributed by atoms with van der Waals surface area (Å²) in [4.78, 5) is 25.9. The summed E-state index contributed by atoms with van der Waals surface area (Å²) in [7, 11) is 0. The highest BCUT2D eigenvalue weighted by molar-refractivity contribution is 5.92. The number of carbonyl (C=O) groups excluding carboxylic acids is 1. The molecule has 0 aromatic carbocycles. The van der Waals surface area contributed by atoms with E-state index in [0.717, 1.165) is 50.6 Å². The molecular weight excluding hydrogens is 338 g/mol. The van der Waals surface area contributed by atoms with Crippen molar-refractivity contribution in [3.63, 3.8) is 0 Å². The summed E-state index contributed by atoms with van der Waals surface area (Å²) in [5.74, 6) is 1.65. The van der Waals surface area contributed by atoms with Crippen LogP contribution < -0.4 is 5.32 Å². The molecule has 1 aromatic heterocycles. The Labute approximate surface area is 162 Å². The first-order valence-corrected chi connectivity index (χ1v) is 10.9. The molecule has 3 heterocycles. The van der Waals surface area contributed by atoms with Gasteiger partial charge in [-0.05, 0) is 51.0 Å². The first-order chi connectivity index (χ1) is 13.3. The monoisotopic (exact) mass is 371 g/mol. The van der Waals surface area contributed by atoms with Gasteiger partial charge in [-0.3, -0.25) is 9.78 Å². The van der Waals surface area contributed by atoms with Gasteiger partial charge in [-0.1, -0.05) is 19.3 Å². The van der Waals surface area contributed by atoms with Gasteiger partial charge < -0.3 is 15.1 Å². The maximum absolute atomic E-state index is 12.6. The summed E-state index contributed by atoms with van der Waals surface area (Å²) >= 11 is 0. The first kappa shape index (κ1) is 18.7. The minimum Gasteiger partial charge on any atom is -0.365 e. The number of amides is 1. The molecule has 1 aliphatic carbocycles. The lowest BCUT2D eigenvalue weighted by Crippen LogP contribution is -2.44. The number of aromatic nitrogens is 2. The van der Waals surface area contributed by atoms with Gasteiger partial charge in [-0.15, -0.1) is 0 Å². The highest BCUT2D eigenvalue weighted by atomic mass is 16.2. The van der Waals surface area contributed by atoms with Crippen LogP contribution in [0.5, 0.6) is 0 Å². The molecule has 0 spiro atoms. The third-order valence-corrected chi connectivity index (χ3v) is 6.35. The van der Waals surface area contributed by atoms with E-state index in [0.29, 0.717) is 11.7 Å². The molecule has 1 saturated carbocycles. The fraction of sp³-hybridized carbons (Fsp3) is 0.762. The van der Waals surface area contributed by atoms with Crippen molar-refractivity contribution in [1.29, 1.82) is 0 Å². The second-order valence-corrected chi connectivity index (χ2v) is 8.54. The van der Waals surface area contributed by atoms with Crippen molar-refractivity contribution >= 4 is 11.7 Å². The van der Waals surface area contributed by atoms with Crippen molar-refractivity contribution in [2.75, 3.05) is 38.0 Å². The molecule has 3 aliphatic rings. The van der Waals surface area contributed by atoms with Crippen LogP contribution in [0.1, 0.15) is 68.3 Å². The summed E-state index contributed by atoms with van der Waals surface area (Å²) in [6.07, 6.45) is 15.0. The van der Waals surface area contributed by atoms with E-state index in [2.05, 4.69) is 20.2 Å². The predicted octanol–water partition coefficient (Wildman–Crippen LogP) is 3.17. The van der Waals surface area contributed by atoms with Gasteiger partial charge in [-0.2, -0.15) is 0 Å². The number of hydrogen-bond acceptors (Lipinski definition) is 5. The van der Waals surface area contributed by atoms with Crippen LogP contribution in [-0.4, -0.2) is 64.4 Å².